The molecule has 0 spiro atoms. The Morgan fingerprint density at radius 2 is 1.71 bits per heavy atom. The van der Waals surface area contributed by atoms with Crippen molar-refractivity contribution in [1.82, 2.24) is 25.6 Å². The Morgan fingerprint density at radius 3 is 2.52 bits per heavy atom. The van der Waals surface area contributed by atoms with Crippen LogP contribution >= 0.6 is 0 Å². The molecule has 6 heteroatoms. The monoisotopic (exact) mass is 407 g/mol. The zero-order chi connectivity index (χ0) is 21.0. The van der Waals surface area contributed by atoms with Gasteiger partial charge in [0.1, 0.15) is 12.4 Å². The van der Waals surface area contributed by atoms with Crippen molar-refractivity contribution in [2.24, 2.45) is 0 Å². The van der Waals surface area contributed by atoms with E-state index >= 15 is 0 Å². The molecule has 1 N–H and O–H groups in total. The van der Waals surface area contributed by atoms with Gasteiger partial charge in [-0.1, -0.05) is 61.5 Å². The summed E-state index contributed by atoms with van der Waals surface area (Å²) >= 11 is 0. The van der Waals surface area contributed by atoms with Gasteiger partial charge in [-0.15, -0.1) is 5.10 Å². The number of hydrogen-bond acceptors (Lipinski definition) is 5. The number of aryl methyl sites for hydroxylation is 1. The van der Waals surface area contributed by atoms with Gasteiger partial charge in [0.05, 0.1) is 5.52 Å². The maximum absolute atomic E-state index is 6.26. The van der Waals surface area contributed by atoms with Gasteiger partial charge in [-0.2, -0.15) is 0 Å². The number of nitrogens with one attached hydrogen (secondary N) is 1. The molecule has 0 aliphatic rings. The zero-order valence-electron chi connectivity index (χ0n) is 17.1. The fourth-order valence-corrected chi connectivity index (χ4v) is 3.68. The first-order valence-corrected chi connectivity index (χ1v) is 10.3. The van der Waals surface area contributed by atoms with E-state index in [0.717, 1.165) is 51.0 Å². The molecule has 0 radical (unpaired) electrons. The maximum atomic E-state index is 6.26. The van der Waals surface area contributed by atoms with E-state index in [1.807, 2.05) is 48.5 Å². The zero-order valence-corrected chi connectivity index (χ0v) is 17.1. The number of para-hydroxylation sites is 1. The van der Waals surface area contributed by atoms with E-state index in [-0.39, 0.29) is 0 Å². The van der Waals surface area contributed by atoms with E-state index in [9.17, 15) is 0 Å². The first kappa shape index (κ1) is 18.9. The summed E-state index contributed by atoms with van der Waals surface area (Å²) in [6.07, 6.45) is 0.857. The summed E-state index contributed by atoms with van der Waals surface area (Å²) in [5.41, 5.74) is 6.10. The van der Waals surface area contributed by atoms with Crippen LogP contribution in [0.2, 0.25) is 0 Å². The van der Waals surface area contributed by atoms with Crippen LogP contribution < -0.4 is 4.74 Å². The number of pyridine rings is 1. The Hall–Kier alpha value is -4.06. The molecule has 6 nitrogen and oxygen atoms in total. The summed E-state index contributed by atoms with van der Waals surface area (Å²) in [7, 11) is 0. The van der Waals surface area contributed by atoms with Crippen LogP contribution in [0.1, 0.15) is 18.2 Å². The van der Waals surface area contributed by atoms with Gasteiger partial charge in [0, 0.05) is 22.7 Å². The summed E-state index contributed by atoms with van der Waals surface area (Å²) in [5.74, 6) is 1.47. The number of aromatic amines is 1. The number of benzene rings is 3. The van der Waals surface area contributed by atoms with Crippen LogP contribution in [-0.2, 0) is 13.0 Å². The molecule has 0 bridgehead atoms. The second kappa shape index (κ2) is 8.36. The number of nitrogens with zero attached hydrogens (tertiary/aromatic N) is 4. The number of ether oxygens (including phenoxy) is 1. The van der Waals surface area contributed by atoms with E-state index in [2.05, 4.69) is 57.9 Å². The Labute approximate surface area is 179 Å². The second-order valence-corrected chi connectivity index (χ2v) is 7.27. The molecule has 31 heavy (non-hydrogen) atoms. The number of aromatic nitrogens is 5. The lowest BCUT2D eigenvalue weighted by atomic mass is 9.97. The first-order valence-electron chi connectivity index (χ1n) is 10.3. The van der Waals surface area contributed by atoms with Gasteiger partial charge in [0.15, 0.2) is 5.82 Å². The molecule has 0 amide bonds. The smallest absolute Gasteiger partial charge is 0.180 e. The van der Waals surface area contributed by atoms with Crippen LogP contribution in [0.5, 0.6) is 5.75 Å². The highest BCUT2D eigenvalue weighted by atomic mass is 16.5. The van der Waals surface area contributed by atoms with Crippen molar-refractivity contribution < 1.29 is 4.74 Å². The lowest BCUT2D eigenvalue weighted by molar-refractivity contribution is 0.309. The Bertz CT molecular complexity index is 1320. The van der Waals surface area contributed by atoms with Gasteiger partial charge < -0.3 is 4.74 Å². The standard InChI is InChI=1S/C25H21N5O/c1-2-19-15-24(21-10-6-7-11-23(21)26-19)31-16-17-12-13-20(18-8-4-3-5-9-18)22(14-17)25-27-29-30-28-25/h3-15H,2,16H2,1H3,(H,27,28,29,30). The summed E-state index contributed by atoms with van der Waals surface area (Å²) in [6, 6.07) is 26.6. The largest absolute Gasteiger partial charge is 0.488 e. The third kappa shape index (κ3) is 3.88. The van der Waals surface area contributed by atoms with Crippen molar-refractivity contribution in [2.45, 2.75) is 20.0 Å². The highest BCUT2D eigenvalue weighted by molar-refractivity contribution is 5.85. The topological polar surface area (TPSA) is 76.6 Å². The first-order chi connectivity index (χ1) is 15.3. The average Bonchev–Trinajstić information content (AvgIpc) is 3.37. The van der Waals surface area contributed by atoms with Gasteiger partial charge in [-0.25, -0.2) is 5.10 Å². The van der Waals surface area contributed by atoms with Gasteiger partial charge in [-0.05, 0) is 51.7 Å². The minimum atomic E-state index is 0.431. The highest BCUT2D eigenvalue weighted by Crippen LogP contribution is 2.32. The normalized spacial score (nSPS) is 11.0. The SMILES string of the molecule is CCc1cc(OCc2ccc(-c3ccccc3)c(-c3nnn[nH]3)c2)c2ccccc2n1. The fraction of sp³-hybridized carbons (Fsp3) is 0.120. The van der Waals surface area contributed by atoms with Crippen LogP contribution in [0, 0.1) is 0 Å². The van der Waals surface area contributed by atoms with Crippen molar-refractivity contribution >= 4 is 10.9 Å². The van der Waals surface area contributed by atoms with Gasteiger partial charge >= 0.3 is 0 Å². The van der Waals surface area contributed by atoms with Crippen LogP contribution in [0.4, 0.5) is 0 Å². The van der Waals surface area contributed by atoms with Crippen molar-refractivity contribution in [3.8, 4) is 28.3 Å². The number of hydrogen-bond donors (Lipinski definition) is 1. The van der Waals surface area contributed by atoms with E-state index in [1.165, 1.54) is 0 Å². The minimum Gasteiger partial charge on any atom is -0.488 e. The Morgan fingerprint density at radius 1 is 0.871 bits per heavy atom. The van der Waals surface area contributed by atoms with Crippen LogP contribution in [0.15, 0.2) is 78.9 Å². The number of fused-ring (bicyclic) bond motifs is 1. The van der Waals surface area contributed by atoms with Gasteiger partial charge in [0.2, 0.25) is 0 Å². The lowest BCUT2D eigenvalue weighted by Gasteiger charge is -2.13. The van der Waals surface area contributed by atoms with E-state index < -0.39 is 0 Å². The molecule has 0 saturated heterocycles. The van der Waals surface area contributed by atoms with E-state index in [4.69, 9.17) is 9.72 Å². The molecular weight excluding hydrogens is 386 g/mol. The molecule has 0 unspecified atom stereocenters. The molecule has 0 saturated carbocycles. The van der Waals surface area contributed by atoms with Gasteiger partial charge in [0.25, 0.3) is 0 Å². The van der Waals surface area contributed by atoms with Crippen molar-refractivity contribution in [3.05, 3.63) is 90.1 Å². The molecule has 3 aromatic carbocycles. The number of rotatable bonds is 6. The predicted molar refractivity (Wildman–Crippen MR) is 121 cm³/mol. The molecule has 5 rings (SSSR count). The summed E-state index contributed by atoms with van der Waals surface area (Å²) in [6.45, 7) is 2.53. The Balaban J connectivity index is 1.50. The minimum absolute atomic E-state index is 0.431. The second-order valence-electron chi connectivity index (χ2n) is 7.27. The average molecular weight is 407 g/mol. The molecule has 2 heterocycles. The number of tetrazole rings is 1. The summed E-state index contributed by atoms with van der Waals surface area (Å²) in [4.78, 5) is 4.70. The molecule has 0 aliphatic carbocycles. The molecule has 0 atom stereocenters. The molecule has 0 aliphatic heterocycles. The van der Waals surface area contributed by atoms with E-state index in [1.54, 1.807) is 0 Å². The lowest BCUT2D eigenvalue weighted by Crippen LogP contribution is -2.00. The number of H-pyrrole nitrogens is 1. The molecule has 2 aromatic heterocycles. The van der Waals surface area contributed by atoms with Crippen molar-refractivity contribution in [1.29, 1.82) is 0 Å². The van der Waals surface area contributed by atoms with Gasteiger partial charge in [-0.3, -0.25) is 4.98 Å². The summed E-state index contributed by atoms with van der Waals surface area (Å²) < 4.78 is 6.26. The van der Waals surface area contributed by atoms with Crippen LogP contribution in [0.3, 0.4) is 0 Å². The van der Waals surface area contributed by atoms with Crippen LogP contribution in [-0.4, -0.2) is 25.6 Å². The molecular formula is C25H21N5O. The third-order valence-electron chi connectivity index (χ3n) is 5.26. The molecule has 0 fully saturated rings. The van der Waals surface area contributed by atoms with Crippen molar-refractivity contribution in [3.63, 3.8) is 0 Å². The summed E-state index contributed by atoms with van der Waals surface area (Å²) in [5, 5.41) is 15.5. The fourth-order valence-electron chi connectivity index (χ4n) is 3.68. The van der Waals surface area contributed by atoms with E-state index in [0.29, 0.717) is 12.4 Å². The molecule has 152 valence electrons. The Kier molecular flexibility index (Phi) is 5.10. The third-order valence-corrected chi connectivity index (χ3v) is 5.26. The predicted octanol–water partition coefficient (Wildman–Crippen LogP) is 5.22. The van der Waals surface area contributed by atoms with Crippen molar-refractivity contribution in [2.75, 3.05) is 0 Å². The quantitative estimate of drug-likeness (QED) is 0.417. The maximum Gasteiger partial charge on any atom is 0.180 e. The van der Waals surface area contributed by atoms with Crippen LogP contribution in [0.25, 0.3) is 33.4 Å². The highest BCUT2D eigenvalue weighted by Gasteiger charge is 2.13. The molecule has 5 aromatic rings.